The highest BCUT2D eigenvalue weighted by atomic mass is 15.2. The summed E-state index contributed by atoms with van der Waals surface area (Å²) in [6, 6.07) is 26.8. The van der Waals surface area contributed by atoms with Crippen molar-refractivity contribution in [3.63, 3.8) is 0 Å². The van der Waals surface area contributed by atoms with Gasteiger partial charge in [-0.2, -0.15) is 0 Å². The van der Waals surface area contributed by atoms with Gasteiger partial charge in [0, 0.05) is 44.2 Å². The van der Waals surface area contributed by atoms with E-state index in [1.807, 2.05) is 48.5 Å². The summed E-state index contributed by atoms with van der Waals surface area (Å²) in [4.78, 5) is 38.8. The molecule has 43 heavy (non-hydrogen) atoms. The third-order valence-corrected chi connectivity index (χ3v) is 8.48. The van der Waals surface area contributed by atoms with Gasteiger partial charge >= 0.3 is 0 Å². The lowest BCUT2D eigenvalue weighted by molar-refractivity contribution is 0.795. The largest absolute Gasteiger partial charge is 0.324 e. The van der Waals surface area contributed by atoms with Gasteiger partial charge in [-0.25, -0.2) is 34.9 Å². The number of nitrogens with zero attached hydrogens (tertiary/aromatic N) is 7. The normalized spacial score (nSPS) is 17.6. The van der Waals surface area contributed by atoms with E-state index in [-0.39, 0.29) is 0 Å². The van der Waals surface area contributed by atoms with Gasteiger partial charge in [0.1, 0.15) is 11.0 Å². The topological polar surface area (TPSA) is 102 Å². The summed E-state index contributed by atoms with van der Waals surface area (Å²) in [5.41, 5.74) is 10.5. The van der Waals surface area contributed by atoms with E-state index >= 15 is 0 Å². The second-order valence-electron chi connectivity index (χ2n) is 11.3. The van der Waals surface area contributed by atoms with Crippen LogP contribution in [0.25, 0.3) is 10.8 Å². The number of aliphatic imine (C=N–C) groups is 5. The minimum Gasteiger partial charge on any atom is -0.324 e. The fraction of sp³-hybridized carbons (Fsp3) is 0.114. The average Bonchev–Trinajstić information content (AvgIpc) is 3.73. The van der Waals surface area contributed by atoms with Crippen LogP contribution >= 0.6 is 0 Å². The molecule has 4 aliphatic heterocycles. The molecule has 0 saturated heterocycles. The highest BCUT2D eigenvalue weighted by Crippen LogP contribution is 2.35. The third kappa shape index (κ3) is 3.59. The number of aromatic amines is 1. The fourth-order valence-corrected chi connectivity index (χ4v) is 6.14. The molecule has 1 N–H and O–H groups in total. The van der Waals surface area contributed by atoms with Crippen molar-refractivity contribution >= 4 is 40.0 Å². The first-order valence-electron chi connectivity index (χ1n) is 14.3. The zero-order chi connectivity index (χ0) is 28.8. The zero-order valence-electron chi connectivity index (χ0n) is 23.7. The molecule has 5 heterocycles. The van der Waals surface area contributed by atoms with Gasteiger partial charge in [0.2, 0.25) is 0 Å². The van der Waals surface area contributed by atoms with Gasteiger partial charge in [-0.3, -0.25) is 0 Å². The van der Waals surface area contributed by atoms with Crippen LogP contribution in [0, 0.1) is 20.8 Å². The lowest BCUT2D eigenvalue weighted by Gasteiger charge is -2.06. The molecular weight excluding hydrogens is 532 g/mol. The monoisotopic (exact) mass is 556 g/mol. The van der Waals surface area contributed by atoms with Crippen LogP contribution in [0.4, 0.5) is 0 Å². The third-order valence-electron chi connectivity index (χ3n) is 8.48. The lowest BCUT2D eigenvalue weighted by Crippen LogP contribution is -2.15. The molecule has 4 aromatic carbocycles. The lowest BCUT2D eigenvalue weighted by atomic mass is 10.0. The van der Waals surface area contributed by atoms with Crippen molar-refractivity contribution < 1.29 is 0 Å². The molecule has 0 fully saturated rings. The Balaban J connectivity index is 1.40. The van der Waals surface area contributed by atoms with E-state index in [4.69, 9.17) is 34.9 Å². The number of hydrogen-bond acceptors (Lipinski definition) is 7. The summed E-state index contributed by atoms with van der Waals surface area (Å²) in [5, 5.41) is 1.96. The van der Waals surface area contributed by atoms with Crippen LogP contribution in [0.1, 0.15) is 56.2 Å². The summed E-state index contributed by atoms with van der Waals surface area (Å²) in [7, 11) is 0. The Labute approximate surface area is 246 Å². The maximum atomic E-state index is 5.11. The molecule has 0 amide bonds. The molecule has 0 spiro atoms. The Morgan fingerprint density at radius 2 is 0.953 bits per heavy atom. The quantitative estimate of drug-likeness (QED) is 0.270. The summed E-state index contributed by atoms with van der Waals surface area (Å²) >= 11 is 0. The van der Waals surface area contributed by atoms with E-state index in [0.717, 1.165) is 49.7 Å². The second-order valence-corrected chi connectivity index (χ2v) is 11.3. The first kappa shape index (κ1) is 24.0. The van der Waals surface area contributed by atoms with Gasteiger partial charge in [0.05, 0.1) is 0 Å². The Morgan fingerprint density at radius 1 is 0.488 bits per heavy atom. The highest BCUT2D eigenvalue weighted by Gasteiger charge is 2.30. The predicted octanol–water partition coefficient (Wildman–Crippen LogP) is 5.22. The van der Waals surface area contributed by atoms with Crippen LogP contribution in [-0.4, -0.2) is 34.2 Å². The van der Waals surface area contributed by atoms with Crippen molar-refractivity contribution in [3.8, 4) is 0 Å². The molecule has 8 bridgehead atoms. The van der Waals surface area contributed by atoms with Crippen LogP contribution in [0.15, 0.2) is 114 Å². The molecule has 0 saturated carbocycles. The van der Waals surface area contributed by atoms with Crippen molar-refractivity contribution in [1.82, 2.24) is 4.98 Å². The first-order valence-corrected chi connectivity index (χ1v) is 14.3. The van der Waals surface area contributed by atoms with Crippen LogP contribution in [0.2, 0.25) is 0 Å². The summed E-state index contributed by atoms with van der Waals surface area (Å²) < 4.78 is 0. The number of rotatable bonds is 0. The van der Waals surface area contributed by atoms with Crippen molar-refractivity contribution in [3.05, 3.63) is 140 Å². The summed E-state index contributed by atoms with van der Waals surface area (Å²) in [5.74, 6) is 2.99. The molecule has 8 nitrogen and oxygen atoms in total. The van der Waals surface area contributed by atoms with Crippen molar-refractivity contribution in [2.75, 3.05) is 0 Å². The molecule has 4 aliphatic rings. The number of H-pyrrole nitrogens is 1. The molecule has 1 aromatic heterocycles. The molecule has 1 atom stereocenters. The zero-order valence-corrected chi connectivity index (χ0v) is 23.7. The molecule has 8 heteroatoms. The number of hydrogen-bond donors (Lipinski definition) is 1. The highest BCUT2D eigenvalue weighted by molar-refractivity contribution is 6.26. The molecule has 5 aromatic rings. The Hall–Kier alpha value is -5.63. The molecule has 0 aliphatic carbocycles. The van der Waals surface area contributed by atoms with Crippen molar-refractivity contribution in [2.45, 2.75) is 26.9 Å². The van der Waals surface area contributed by atoms with Crippen molar-refractivity contribution in [1.29, 1.82) is 0 Å². The fourth-order valence-electron chi connectivity index (χ4n) is 6.14. The summed E-state index contributed by atoms with van der Waals surface area (Å²) in [6.45, 7) is 6.30. The van der Waals surface area contributed by atoms with Crippen LogP contribution in [-0.2, 0) is 0 Å². The molecule has 0 radical (unpaired) electrons. The minimum atomic E-state index is -0.485. The Morgan fingerprint density at radius 3 is 1.51 bits per heavy atom. The number of benzene rings is 4. The Bertz CT molecular complexity index is 2380. The average molecular weight is 557 g/mol. The second kappa shape index (κ2) is 8.69. The van der Waals surface area contributed by atoms with E-state index in [1.54, 1.807) is 0 Å². The number of nitrogens with one attached hydrogen (secondary N) is 1. The van der Waals surface area contributed by atoms with Gasteiger partial charge < -0.3 is 4.98 Å². The Kier molecular flexibility index (Phi) is 4.85. The molecule has 1 unspecified atom stereocenters. The predicted molar refractivity (Wildman–Crippen MR) is 170 cm³/mol. The minimum absolute atomic E-state index is 0.485. The van der Waals surface area contributed by atoms with Gasteiger partial charge in [0.15, 0.2) is 35.3 Å². The maximum absolute atomic E-state index is 5.11. The molecule has 9 rings (SSSR count). The maximum Gasteiger partial charge on any atom is 0.170 e. The summed E-state index contributed by atoms with van der Waals surface area (Å²) in [6.07, 6.45) is -0.485. The SMILES string of the molecule is Cc1ccc2c(c1)C1N=C3N=C(N=c4[nH]c(c5cc(C)c(C)cc45)=NC4=NC(=NC2=N1)c1ccccc14)c1ccccc13. The van der Waals surface area contributed by atoms with E-state index in [9.17, 15) is 0 Å². The number of amidine groups is 5. The van der Waals surface area contributed by atoms with Crippen LogP contribution < -0.4 is 11.0 Å². The van der Waals surface area contributed by atoms with E-state index < -0.39 is 6.17 Å². The first-order chi connectivity index (χ1) is 21.0. The van der Waals surface area contributed by atoms with Crippen LogP contribution in [0.5, 0.6) is 0 Å². The van der Waals surface area contributed by atoms with E-state index in [2.05, 4.69) is 56.1 Å². The van der Waals surface area contributed by atoms with E-state index in [1.165, 1.54) is 11.1 Å². The van der Waals surface area contributed by atoms with Gasteiger partial charge in [0.25, 0.3) is 0 Å². The standard InChI is InChI=1S/C35H24N8/c1-17-12-13-24-25(14-17)33-39-29-22-10-6-7-11-23(22)31(37-29)41-35-27-16-19(3)18(2)15-26(27)34(43-35)40-30-21-9-5-4-8-20(21)28(36-30)38-32(24)42-33/h4-16,33H,1-3H3,(H,36,37,38,39,40,41,42,43). The van der Waals surface area contributed by atoms with Crippen molar-refractivity contribution in [2.24, 2.45) is 34.9 Å². The van der Waals surface area contributed by atoms with Crippen LogP contribution in [0.3, 0.4) is 0 Å². The van der Waals surface area contributed by atoms with Gasteiger partial charge in [-0.05, 0) is 44.0 Å². The van der Waals surface area contributed by atoms with Gasteiger partial charge in [-0.15, -0.1) is 0 Å². The molecule has 204 valence electrons. The van der Waals surface area contributed by atoms with Gasteiger partial charge in [-0.1, -0.05) is 72.3 Å². The number of fused-ring (bicyclic) bond motifs is 17. The number of aromatic nitrogens is 1. The smallest absolute Gasteiger partial charge is 0.170 e. The molecular formula is C35H24N8. The van der Waals surface area contributed by atoms with E-state index in [0.29, 0.717) is 40.2 Å². The number of aryl methyl sites for hydroxylation is 3.